The third kappa shape index (κ3) is 4.25. The van der Waals surface area contributed by atoms with Crippen LogP contribution in [0.3, 0.4) is 0 Å². The Morgan fingerprint density at radius 2 is 1.90 bits per heavy atom. The van der Waals surface area contributed by atoms with Crippen LogP contribution in [0.5, 0.6) is 0 Å². The first-order chi connectivity index (χ1) is 14.8. The summed E-state index contributed by atoms with van der Waals surface area (Å²) in [6, 6.07) is 6.67. The van der Waals surface area contributed by atoms with Crippen molar-refractivity contribution in [3.05, 3.63) is 40.9 Å². The molecular weight excluding hydrogens is 436 g/mol. The molecular formula is C22H26N2O5S2. The first-order valence-corrected chi connectivity index (χ1v) is 13.3. The van der Waals surface area contributed by atoms with E-state index >= 15 is 0 Å². The molecule has 0 unspecified atom stereocenters. The van der Waals surface area contributed by atoms with Crippen molar-refractivity contribution in [3.63, 3.8) is 0 Å². The largest absolute Gasteiger partial charge is 0.461 e. The number of thiazole rings is 1. The number of esters is 1. The molecule has 0 radical (unpaired) electrons. The van der Waals surface area contributed by atoms with E-state index in [0.717, 1.165) is 24.8 Å². The van der Waals surface area contributed by atoms with E-state index in [1.54, 1.807) is 36.6 Å². The molecule has 0 aliphatic heterocycles. The molecule has 2 aromatic rings. The summed E-state index contributed by atoms with van der Waals surface area (Å²) in [5, 5.41) is 4.83. The fraction of sp³-hybridized carbons (Fsp3) is 0.500. The molecule has 1 heterocycles. The number of sulfone groups is 1. The van der Waals surface area contributed by atoms with Gasteiger partial charge >= 0.3 is 5.97 Å². The fourth-order valence-corrected chi connectivity index (χ4v) is 6.08. The van der Waals surface area contributed by atoms with Gasteiger partial charge in [0.25, 0.3) is 0 Å². The van der Waals surface area contributed by atoms with Gasteiger partial charge < -0.3 is 10.1 Å². The first-order valence-electron chi connectivity index (χ1n) is 10.5. The highest BCUT2D eigenvalue weighted by molar-refractivity contribution is 7.90. The Bertz CT molecular complexity index is 1090. The van der Waals surface area contributed by atoms with E-state index < -0.39 is 21.2 Å². The summed E-state index contributed by atoms with van der Waals surface area (Å²) < 4.78 is 28.6. The summed E-state index contributed by atoms with van der Waals surface area (Å²) >= 11 is 1.19. The number of nitrogens with zero attached hydrogens (tertiary/aromatic N) is 1. The minimum absolute atomic E-state index is 0.152. The average molecular weight is 463 g/mol. The Labute approximate surface area is 186 Å². The lowest BCUT2D eigenvalue weighted by Gasteiger charge is -2.20. The Kier molecular flexibility index (Phi) is 5.91. The van der Waals surface area contributed by atoms with Crippen molar-refractivity contribution < 1.29 is 22.7 Å². The molecule has 2 saturated carbocycles. The van der Waals surface area contributed by atoms with E-state index in [9.17, 15) is 18.0 Å². The Morgan fingerprint density at radius 3 is 2.52 bits per heavy atom. The lowest BCUT2D eigenvalue weighted by Crippen LogP contribution is -2.31. The van der Waals surface area contributed by atoms with Crippen LogP contribution < -0.4 is 5.32 Å². The molecule has 0 spiro atoms. The van der Waals surface area contributed by atoms with Crippen molar-refractivity contribution in [2.45, 2.75) is 49.3 Å². The van der Waals surface area contributed by atoms with Crippen molar-refractivity contribution in [1.29, 1.82) is 0 Å². The minimum atomic E-state index is -3.31. The van der Waals surface area contributed by atoms with E-state index in [0.29, 0.717) is 11.0 Å². The Morgan fingerprint density at radius 1 is 1.23 bits per heavy atom. The van der Waals surface area contributed by atoms with Gasteiger partial charge in [0.15, 0.2) is 20.7 Å². The second kappa shape index (κ2) is 8.35. The molecule has 1 amide bonds. The summed E-state index contributed by atoms with van der Waals surface area (Å²) in [6.45, 7) is 1.98. The fourth-order valence-electron chi connectivity index (χ4n) is 4.78. The summed E-state index contributed by atoms with van der Waals surface area (Å²) in [7, 11) is -3.31. The predicted octanol–water partition coefficient (Wildman–Crippen LogP) is 3.81. The van der Waals surface area contributed by atoms with Gasteiger partial charge in [-0.05, 0) is 42.9 Å². The van der Waals surface area contributed by atoms with Crippen LogP contribution >= 0.6 is 11.3 Å². The van der Waals surface area contributed by atoms with Crippen molar-refractivity contribution in [2.75, 3.05) is 18.2 Å². The van der Waals surface area contributed by atoms with Crippen LogP contribution in [-0.2, 0) is 24.8 Å². The van der Waals surface area contributed by atoms with Crippen LogP contribution in [0.15, 0.2) is 34.5 Å². The SMILES string of the molecule is CCOC(=O)c1csc(NC(=O)[C@]2(c3ccc(S(C)(=O)=O)cc3)C[C@H]2C2CCCC2)n1. The van der Waals surface area contributed by atoms with Gasteiger partial charge in [-0.3, -0.25) is 4.79 Å². The summed E-state index contributed by atoms with van der Waals surface area (Å²) in [5.74, 6) is 0.0529. The van der Waals surface area contributed by atoms with Crippen LogP contribution in [0.1, 0.15) is 55.1 Å². The number of anilines is 1. The summed E-state index contributed by atoms with van der Waals surface area (Å²) in [4.78, 5) is 29.8. The number of benzene rings is 1. The number of aromatic nitrogens is 1. The summed E-state index contributed by atoms with van der Waals surface area (Å²) in [6.07, 6.45) is 6.50. The zero-order chi connectivity index (χ0) is 22.2. The van der Waals surface area contributed by atoms with Crippen molar-refractivity contribution in [3.8, 4) is 0 Å². The Hall–Kier alpha value is -2.26. The number of ether oxygens (including phenoxy) is 1. The lowest BCUT2D eigenvalue weighted by molar-refractivity contribution is -0.119. The Balaban J connectivity index is 1.60. The van der Waals surface area contributed by atoms with Crippen LogP contribution in [-0.4, -0.2) is 38.1 Å². The minimum Gasteiger partial charge on any atom is -0.461 e. The normalized spacial score (nSPS) is 23.5. The predicted molar refractivity (Wildman–Crippen MR) is 118 cm³/mol. The monoisotopic (exact) mass is 462 g/mol. The van der Waals surface area contributed by atoms with Gasteiger partial charge in [-0.2, -0.15) is 0 Å². The first kappa shape index (κ1) is 22.0. The van der Waals surface area contributed by atoms with Gasteiger partial charge in [-0.1, -0.05) is 37.8 Å². The highest BCUT2D eigenvalue weighted by Crippen LogP contribution is 2.61. The lowest BCUT2D eigenvalue weighted by atomic mass is 9.87. The standard InChI is InChI=1S/C22H26N2O5S2/c1-3-29-19(25)18-13-30-21(23-18)24-20(26)22(12-17(22)14-6-4-5-7-14)15-8-10-16(11-9-15)31(2,27)28/h8-11,13-14,17H,3-7,12H2,1-2H3,(H,23,24,26)/t17-,22-/m0/s1. The molecule has 1 aromatic heterocycles. The molecule has 31 heavy (non-hydrogen) atoms. The van der Waals surface area contributed by atoms with E-state index in [4.69, 9.17) is 4.74 Å². The highest BCUT2D eigenvalue weighted by Gasteiger charge is 2.63. The molecule has 4 rings (SSSR count). The molecule has 1 N–H and O–H groups in total. The maximum atomic E-state index is 13.5. The van der Waals surface area contributed by atoms with E-state index in [2.05, 4.69) is 10.3 Å². The van der Waals surface area contributed by atoms with Crippen molar-refractivity contribution in [1.82, 2.24) is 4.98 Å². The zero-order valence-electron chi connectivity index (χ0n) is 17.6. The van der Waals surface area contributed by atoms with Crippen LogP contribution in [0.2, 0.25) is 0 Å². The molecule has 1 aromatic carbocycles. The second-order valence-electron chi connectivity index (χ2n) is 8.34. The van der Waals surface area contributed by atoms with E-state index in [-0.39, 0.29) is 29.0 Å². The molecule has 2 aliphatic carbocycles. The third-order valence-electron chi connectivity index (χ3n) is 6.40. The molecule has 2 fully saturated rings. The number of carbonyl (C=O) groups excluding carboxylic acids is 2. The van der Waals surface area contributed by atoms with Gasteiger partial charge in [0.1, 0.15) is 0 Å². The smallest absolute Gasteiger partial charge is 0.357 e. The zero-order valence-corrected chi connectivity index (χ0v) is 19.2. The average Bonchev–Trinajstić information content (AvgIpc) is 3.07. The number of hydrogen-bond acceptors (Lipinski definition) is 7. The third-order valence-corrected chi connectivity index (χ3v) is 8.28. The van der Waals surface area contributed by atoms with E-state index in [1.807, 2.05) is 0 Å². The van der Waals surface area contributed by atoms with Gasteiger partial charge in [0.2, 0.25) is 5.91 Å². The van der Waals surface area contributed by atoms with E-state index in [1.165, 1.54) is 30.4 Å². The summed E-state index contributed by atoms with van der Waals surface area (Å²) in [5.41, 5.74) is 0.314. The van der Waals surface area contributed by atoms with Gasteiger partial charge in [0, 0.05) is 11.6 Å². The molecule has 166 valence electrons. The van der Waals surface area contributed by atoms with Gasteiger partial charge in [-0.15, -0.1) is 11.3 Å². The van der Waals surface area contributed by atoms with Crippen molar-refractivity contribution >= 4 is 38.2 Å². The molecule has 0 bridgehead atoms. The topological polar surface area (TPSA) is 102 Å². The number of carbonyl (C=O) groups is 2. The molecule has 0 saturated heterocycles. The quantitative estimate of drug-likeness (QED) is 0.628. The van der Waals surface area contributed by atoms with Crippen LogP contribution in [0, 0.1) is 11.8 Å². The maximum Gasteiger partial charge on any atom is 0.357 e. The number of nitrogens with one attached hydrogen (secondary N) is 1. The molecule has 9 heteroatoms. The number of hydrogen-bond donors (Lipinski definition) is 1. The molecule has 2 aliphatic rings. The van der Waals surface area contributed by atoms with Crippen LogP contribution in [0.4, 0.5) is 5.13 Å². The van der Waals surface area contributed by atoms with Crippen molar-refractivity contribution in [2.24, 2.45) is 11.8 Å². The van der Waals surface area contributed by atoms with Crippen LogP contribution in [0.25, 0.3) is 0 Å². The molecule has 2 atom stereocenters. The number of rotatable bonds is 7. The van der Waals surface area contributed by atoms with Gasteiger partial charge in [-0.25, -0.2) is 18.2 Å². The van der Waals surface area contributed by atoms with Gasteiger partial charge in [0.05, 0.1) is 16.9 Å². The second-order valence-corrected chi connectivity index (χ2v) is 11.2. The molecule has 7 nitrogen and oxygen atoms in total. The highest BCUT2D eigenvalue weighted by atomic mass is 32.2. The number of amides is 1. The maximum absolute atomic E-state index is 13.5.